The van der Waals surface area contributed by atoms with Crippen molar-refractivity contribution in [3.63, 3.8) is 0 Å². The van der Waals surface area contributed by atoms with E-state index in [0.29, 0.717) is 12.0 Å². The number of ether oxygens (including phenoxy) is 1. The van der Waals surface area contributed by atoms with Gasteiger partial charge in [0.1, 0.15) is 5.60 Å². The maximum atomic E-state index is 11.8. The molecule has 1 saturated heterocycles. The molecule has 1 heterocycles. The number of piperidine rings is 1. The Bertz CT molecular complexity index is 257. The minimum absolute atomic E-state index is 0.00690. The molecule has 2 fully saturated rings. The van der Waals surface area contributed by atoms with Crippen LogP contribution in [0.2, 0.25) is 0 Å². The minimum atomic E-state index is -0.343. The van der Waals surface area contributed by atoms with Crippen LogP contribution in [0, 0.1) is 11.8 Å². The highest BCUT2D eigenvalue weighted by molar-refractivity contribution is 5.74. The van der Waals surface area contributed by atoms with Gasteiger partial charge in [0.05, 0.1) is 5.92 Å². The fraction of sp³-hybridized carbons (Fsp3) is 0.917. The van der Waals surface area contributed by atoms with Gasteiger partial charge in [-0.3, -0.25) is 4.79 Å². The fourth-order valence-corrected chi connectivity index (χ4v) is 2.62. The third kappa shape index (κ3) is 2.33. The summed E-state index contributed by atoms with van der Waals surface area (Å²) in [4.78, 5) is 11.8. The van der Waals surface area contributed by atoms with Gasteiger partial charge in [-0.15, -0.1) is 0 Å². The van der Waals surface area contributed by atoms with E-state index in [4.69, 9.17) is 4.74 Å². The summed E-state index contributed by atoms with van der Waals surface area (Å²) < 4.78 is 5.42. The third-order valence-electron chi connectivity index (χ3n) is 3.37. The van der Waals surface area contributed by atoms with Gasteiger partial charge in [-0.1, -0.05) is 0 Å². The monoisotopic (exact) mass is 211 g/mol. The highest BCUT2D eigenvalue weighted by Gasteiger charge is 2.47. The first-order chi connectivity index (χ1) is 6.97. The van der Waals surface area contributed by atoms with Gasteiger partial charge in [0.15, 0.2) is 0 Å². The number of nitrogens with one attached hydrogen (secondary N) is 1. The molecule has 0 aromatic carbocycles. The first-order valence-corrected chi connectivity index (χ1v) is 5.93. The van der Waals surface area contributed by atoms with E-state index in [1.165, 1.54) is 12.8 Å². The highest BCUT2D eigenvalue weighted by Crippen LogP contribution is 2.41. The van der Waals surface area contributed by atoms with Crippen LogP contribution in [-0.2, 0) is 9.53 Å². The zero-order chi connectivity index (χ0) is 11.1. The summed E-state index contributed by atoms with van der Waals surface area (Å²) in [6.45, 7) is 6.91. The molecule has 1 aliphatic carbocycles. The second-order valence-corrected chi connectivity index (χ2v) is 5.74. The molecule has 2 aliphatic rings. The minimum Gasteiger partial charge on any atom is -0.460 e. The van der Waals surface area contributed by atoms with Crippen molar-refractivity contribution in [2.75, 3.05) is 6.54 Å². The molecule has 1 saturated carbocycles. The van der Waals surface area contributed by atoms with Gasteiger partial charge in [-0.2, -0.15) is 0 Å². The summed E-state index contributed by atoms with van der Waals surface area (Å²) in [7, 11) is 0. The van der Waals surface area contributed by atoms with Crippen LogP contribution in [-0.4, -0.2) is 24.2 Å². The van der Waals surface area contributed by atoms with Crippen molar-refractivity contribution in [1.82, 2.24) is 5.32 Å². The van der Waals surface area contributed by atoms with Crippen LogP contribution in [0.25, 0.3) is 0 Å². The van der Waals surface area contributed by atoms with Crippen molar-refractivity contribution < 1.29 is 9.53 Å². The van der Waals surface area contributed by atoms with Crippen LogP contribution >= 0.6 is 0 Å². The first kappa shape index (κ1) is 10.9. The molecule has 86 valence electrons. The first-order valence-electron chi connectivity index (χ1n) is 5.93. The number of carbonyl (C=O) groups excluding carboxylic acids is 1. The quantitative estimate of drug-likeness (QED) is 0.671. The SMILES string of the molecule is CC(C)(C)OC(=O)C1CC2NCCCC21. The summed E-state index contributed by atoms with van der Waals surface area (Å²) >= 11 is 0. The zero-order valence-corrected chi connectivity index (χ0v) is 9.88. The Morgan fingerprint density at radius 2 is 2.13 bits per heavy atom. The van der Waals surface area contributed by atoms with E-state index < -0.39 is 0 Å². The third-order valence-corrected chi connectivity index (χ3v) is 3.37. The molecule has 3 atom stereocenters. The van der Waals surface area contributed by atoms with Crippen molar-refractivity contribution >= 4 is 5.97 Å². The Morgan fingerprint density at radius 3 is 2.73 bits per heavy atom. The molecule has 3 unspecified atom stereocenters. The Labute approximate surface area is 91.6 Å². The lowest BCUT2D eigenvalue weighted by Gasteiger charge is -2.47. The standard InChI is InChI=1S/C12H21NO2/c1-12(2,3)15-11(14)9-7-10-8(9)5-4-6-13-10/h8-10,13H,4-7H2,1-3H3. The van der Waals surface area contributed by atoms with Gasteiger partial charge in [0, 0.05) is 6.04 Å². The summed E-state index contributed by atoms with van der Waals surface area (Å²) in [5.41, 5.74) is -0.343. The average Bonchev–Trinajstić information content (AvgIpc) is 2.03. The Hall–Kier alpha value is -0.570. The van der Waals surface area contributed by atoms with Crippen molar-refractivity contribution in [1.29, 1.82) is 0 Å². The molecule has 2 rings (SSSR count). The topological polar surface area (TPSA) is 38.3 Å². The Kier molecular flexibility index (Phi) is 2.75. The van der Waals surface area contributed by atoms with E-state index in [0.717, 1.165) is 13.0 Å². The summed E-state index contributed by atoms with van der Waals surface area (Å²) in [5.74, 6) is 0.697. The lowest BCUT2D eigenvalue weighted by Crippen LogP contribution is -2.56. The van der Waals surface area contributed by atoms with Gasteiger partial charge in [0.25, 0.3) is 0 Å². The lowest BCUT2D eigenvalue weighted by atomic mass is 9.65. The van der Waals surface area contributed by atoms with Crippen LogP contribution in [0.15, 0.2) is 0 Å². The Balaban J connectivity index is 1.88. The number of rotatable bonds is 1. The molecule has 0 radical (unpaired) electrons. The van der Waals surface area contributed by atoms with E-state index in [-0.39, 0.29) is 17.5 Å². The van der Waals surface area contributed by atoms with E-state index in [1.807, 2.05) is 20.8 Å². The molecule has 0 amide bonds. The van der Waals surface area contributed by atoms with Gasteiger partial charge in [0.2, 0.25) is 0 Å². The van der Waals surface area contributed by atoms with Crippen LogP contribution in [0.4, 0.5) is 0 Å². The second kappa shape index (κ2) is 3.78. The van der Waals surface area contributed by atoms with Crippen molar-refractivity contribution in [3.05, 3.63) is 0 Å². The molecule has 1 aliphatic heterocycles. The maximum absolute atomic E-state index is 11.8. The van der Waals surface area contributed by atoms with E-state index in [9.17, 15) is 4.79 Å². The second-order valence-electron chi connectivity index (χ2n) is 5.74. The maximum Gasteiger partial charge on any atom is 0.309 e. The van der Waals surface area contributed by atoms with E-state index in [1.54, 1.807) is 0 Å². The Morgan fingerprint density at radius 1 is 1.40 bits per heavy atom. The normalized spacial score (nSPS) is 35.3. The largest absolute Gasteiger partial charge is 0.460 e. The van der Waals surface area contributed by atoms with Crippen molar-refractivity contribution in [2.24, 2.45) is 11.8 Å². The molecule has 3 heteroatoms. The molecule has 3 nitrogen and oxygen atoms in total. The van der Waals surface area contributed by atoms with Gasteiger partial charge in [-0.25, -0.2) is 0 Å². The van der Waals surface area contributed by atoms with Crippen molar-refractivity contribution in [3.8, 4) is 0 Å². The van der Waals surface area contributed by atoms with Crippen LogP contribution in [0.1, 0.15) is 40.0 Å². The average molecular weight is 211 g/mol. The number of hydrogen-bond acceptors (Lipinski definition) is 3. The van der Waals surface area contributed by atoms with Gasteiger partial charge >= 0.3 is 5.97 Å². The molecule has 0 aromatic rings. The predicted molar refractivity (Wildman–Crippen MR) is 58.5 cm³/mol. The molecule has 15 heavy (non-hydrogen) atoms. The molecule has 0 spiro atoms. The summed E-state index contributed by atoms with van der Waals surface area (Å²) in [6.07, 6.45) is 3.35. The van der Waals surface area contributed by atoms with Gasteiger partial charge < -0.3 is 10.1 Å². The molecular weight excluding hydrogens is 190 g/mol. The molecular formula is C12H21NO2. The number of carbonyl (C=O) groups is 1. The van der Waals surface area contributed by atoms with Crippen LogP contribution in [0.5, 0.6) is 0 Å². The fourth-order valence-electron chi connectivity index (χ4n) is 2.62. The molecule has 0 bridgehead atoms. The summed E-state index contributed by atoms with van der Waals surface area (Å²) in [6, 6.07) is 0.580. The number of hydrogen-bond donors (Lipinski definition) is 1. The van der Waals surface area contributed by atoms with E-state index >= 15 is 0 Å². The number of fused-ring (bicyclic) bond motifs is 1. The van der Waals surface area contributed by atoms with Crippen LogP contribution < -0.4 is 5.32 Å². The predicted octanol–water partition coefficient (Wildman–Crippen LogP) is 1.72. The molecule has 1 N–H and O–H groups in total. The highest BCUT2D eigenvalue weighted by atomic mass is 16.6. The van der Waals surface area contributed by atoms with Crippen molar-refractivity contribution in [2.45, 2.75) is 51.7 Å². The lowest BCUT2D eigenvalue weighted by molar-refractivity contribution is -0.168. The molecule has 0 aromatic heterocycles. The smallest absolute Gasteiger partial charge is 0.309 e. The van der Waals surface area contributed by atoms with E-state index in [2.05, 4.69) is 5.32 Å². The number of esters is 1. The van der Waals surface area contributed by atoms with Gasteiger partial charge in [-0.05, 0) is 52.5 Å². The summed E-state index contributed by atoms with van der Waals surface area (Å²) in [5, 5.41) is 3.46. The zero-order valence-electron chi connectivity index (χ0n) is 9.88. The van der Waals surface area contributed by atoms with Crippen LogP contribution in [0.3, 0.4) is 0 Å².